The van der Waals surface area contributed by atoms with Crippen molar-refractivity contribution in [1.29, 1.82) is 0 Å². The summed E-state index contributed by atoms with van der Waals surface area (Å²) in [6.45, 7) is 6.42. The van der Waals surface area contributed by atoms with Crippen molar-refractivity contribution in [2.75, 3.05) is 0 Å². The lowest BCUT2D eigenvalue weighted by Gasteiger charge is -2.30. The molecule has 0 aromatic carbocycles. The van der Waals surface area contributed by atoms with Crippen molar-refractivity contribution < 1.29 is 5.11 Å². The molecule has 0 amide bonds. The first-order chi connectivity index (χ1) is 6.61. The summed E-state index contributed by atoms with van der Waals surface area (Å²) in [7, 11) is 0. The molecule has 1 aliphatic carbocycles. The van der Waals surface area contributed by atoms with Gasteiger partial charge in [-0.1, -0.05) is 46.0 Å². The Morgan fingerprint density at radius 1 is 1.07 bits per heavy atom. The lowest BCUT2D eigenvalue weighted by Crippen LogP contribution is -2.25. The summed E-state index contributed by atoms with van der Waals surface area (Å²) in [5.74, 6) is 2.03. The van der Waals surface area contributed by atoms with Gasteiger partial charge in [-0.25, -0.2) is 0 Å². The molecule has 1 aliphatic rings. The summed E-state index contributed by atoms with van der Waals surface area (Å²) in [6.07, 6.45) is 8.17. The zero-order chi connectivity index (χ0) is 10.6. The van der Waals surface area contributed by atoms with E-state index in [1.807, 2.05) is 6.92 Å². The highest BCUT2D eigenvalue weighted by molar-refractivity contribution is 4.75. The van der Waals surface area contributed by atoms with E-state index in [0.717, 1.165) is 5.92 Å². The van der Waals surface area contributed by atoms with E-state index in [1.54, 1.807) is 0 Å². The second kappa shape index (κ2) is 5.75. The highest BCUT2D eigenvalue weighted by Gasteiger charge is 2.24. The largest absolute Gasteiger partial charge is 0.393 e. The highest BCUT2D eigenvalue weighted by Crippen LogP contribution is 2.32. The van der Waals surface area contributed by atoms with Crippen LogP contribution in [0.25, 0.3) is 0 Å². The van der Waals surface area contributed by atoms with E-state index in [-0.39, 0.29) is 6.10 Å². The predicted octanol–water partition coefficient (Wildman–Crippen LogP) is 3.61. The first kappa shape index (κ1) is 12.0. The molecule has 0 heterocycles. The minimum absolute atomic E-state index is 0.128. The maximum atomic E-state index is 9.71. The van der Waals surface area contributed by atoms with Gasteiger partial charge < -0.3 is 5.11 Å². The fourth-order valence-electron chi connectivity index (χ4n) is 2.83. The molecule has 0 unspecified atom stereocenters. The van der Waals surface area contributed by atoms with Crippen LogP contribution in [0.15, 0.2) is 0 Å². The third-order valence-electron chi connectivity index (χ3n) is 3.81. The number of hydrogen-bond donors (Lipinski definition) is 1. The molecule has 14 heavy (non-hydrogen) atoms. The average molecular weight is 198 g/mol. The van der Waals surface area contributed by atoms with E-state index < -0.39 is 0 Å². The van der Waals surface area contributed by atoms with E-state index in [4.69, 9.17) is 0 Å². The van der Waals surface area contributed by atoms with Crippen LogP contribution in [0, 0.1) is 17.8 Å². The Labute approximate surface area is 88.9 Å². The molecule has 0 bridgehead atoms. The molecule has 0 spiro atoms. The predicted molar refractivity (Wildman–Crippen MR) is 61.2 cm³/mol. The minimum atomic E-state index is -0.128. The van der Waals surface area contributed by atoms with Crippen LogP contribution in [0.1, 0.15) is 59.3 Å². The van der Waals surface area contributed by atoms with Gasteiger partial charge in [0, 0.05) is 0 Å². The molecular weight excluding hydrogens is 172 g/mol. The maximum absolute atomic E-state index is 9.71. The van der Waals surface area contributed by atoms with Crippen LogP contribution < -0.4 is 0 Å². The van der Waals surface area contributed by atoms with E-state index in [9.17, 15) is 5.11 Å². The van der Waals surface area contributed by atoms with Crippen molar-refractivity contribution >= 4 is 0 Å². The van der Waals surface area contributed by atoms with Gasteiger partial charge in [-0.05, 0) is 31.1 Å². The monoisotopic (exact) mass is 198 g/mol. The smallest absolute Gasteiger partial charge is 0.0542 e. The zero-order valence-corrected chi connectivity index (χ0v) is 10.00. The normalized spacial score (nSPS) is 23.8. The van der Waals surface area contributed by atoms with Gasteiger partial charge in [0.15, 0.2) is 0 Å². The number of rotatable bonds is 4. The van der Waals surface area contributed by atoms with Crippen molar-refractivity contribution in [3.8, 4) is 0 Å². The fourth-order valence-corrected chi connectivity index (χ4v) is 2.83. The quantitative estimate of drug-likeness (QED) is 0.731. The minimum Gasteiger partial charge on any atom is -0.393 e. The number of aliphatic hydroxyl groups is 1. The SMILES string of the molecule is CC(C)[C@H](CC1CCCCC1)[C@@H](C)O. The maximum Gasteiger partial charge on any atom is 0.0542 e. The van der Waals surface area contributed by atoms with Crippen LogP contribution in [0.2, 0.25) is 0 Å². The Kier molecular flexibility index (Phi) is 4.94. The van der Waals surface area contributed by atoms with Crippen LogP contribution in [-0.4, -0.2) is 11.2 Å². The Bertz CT molecular complexity index is 137. The van der Waals surface area contributed by atoms with Gasteiger partial charge in [0.2, 0.25) is 0 Å². The van der Waals surface area contributed by atoms with Crippen molar-refractivity contribution in [3.63, 3.8) is 0 Å². The Hall–Kier alpha value is -0.0400. The summed E-state index contributed by atoms with van der Waals surface area (Å²) < 4.78 is 0. The van der Waals surface area contributed by atoms with Gasteiger partial charge in [-0.15, -0.1) is 0 Å². The highest BCUT2D eigenvalue weighted by atomic mass is 16.3. The summed E-state index contributed by atoms with van der Waals surface area (Å²) in [5.41, 5.74) is 0. The third-order valence-corrected chi connectivity index (χ3v) is 3.81. The Morgan fingerprint density at radius 2 is 1.64 bits per heavy atom. The zero-order valence-electron chi connectivity index (χ0n) is 10.00. The molecule has 0 aromatic rings. The van der Waals surface area contributed by atoms with Crippen LogP contribution >= 0.6 is 0 Å². The average Bonchev–Trinajstić information content (AvgIpc) is 2.15. The fraction of sp³-hybridized carbons (Fsp3) is 1.00. The van der Waals surface area contributed by atoms with Gasteiger partial charge in [0.1, 0.15) is 0 Å². The molecule has 2 atom stereocenters. The molecule has 1 N–H and O–H groups in total. The molecule has 0 radical (unpaired) electrons. The second-order valence-corrected chi connectivity index (χ2v) is 5.39. The third kappa shape index (κ3) is 3.61. The molecule has 0 aromatic heterocycles. The van der Waals surface area contributed by atoms with Gasteiger partial charge in [-0.2, -0.15) is 0 Å². The van der Waals surface area contributed by atoms with Crippen molar-refractivity contribution in [1.82, 2.24) is 0 Å². The summed E-state index contributed by atoms with van der Waals surface area (Å²) in [6, 6.07) is 0. The summed E-state index contributed by atoms with van der Waals surface area (Å²) in [4.78, 5) is 0. The standard InChI is InChI=1S/C13H26O/c1-10(2)13(11(3)14)9-12-7-5-4-6-8-12/h10-14H,4-9H2,1-3H3/t11-,13+/m1/s1. The van der Waals surface area contributed by atoms with E-state index in [2.05, 4.69) is 13.8 Å². The number of hydrogen-bond acceptors (Lipinski definition) is 1. The van der Waals surface area contributed by atoms with E-state index in [0.29, 0.717) is 11.8 Å². The van der Waals surface area contributed by atoms with E-state index in [1.165, 1.54) is 38.5 Å². The first-order valence-corrected chi connectivity index (χ1v) is 6.29. The first-order valence-electron chi connectivity index (χ1n) is 6.29. The number of aliphatic hydroxyl groups excluding tert-OH is 1. The topological polar surface area (TPSA) is 20.2 Å². The molecule has 1 nitrogen and oxygen atoms in total. The van der Waals surface area contributed by atoms with Gasteiger partial charge in [0.25, 0.3) is 0 Å². The lowest BCUT2D eigenvalue weighted by molar-refractivity contribution is 0.0747. The Morgan fingerprint density at radius 3 is 2.07 bits per heavy atom. The molecule has 1 heteroatoms. The molecule has 1 fully saturated rings. The van der Waals surface area contributed by atoms with Crippen molar-refractivity contribution in [2.24, 2.45) is 17.8 Å². The molecule has 1 rings (SSSR count). The molecule has 0 saturated heterocycles. The molecular formula is C13H26O. The van der Waals surface area contributed by atoms with Crippen LogP contribution in [0.4, 0.5) is 0 Å². The van der Waals surface area contributed by atoms with E-state index >= 15 is 0 Å². The molecule has 84 valence electrons. The summed E-state index contributed by atoms with van der Waals surface area (Å²) in [5, 5.41) is 9.71. The van der Waals surface area contributed by atoms with Crippen LogP contribution in [0.5, 0.6) is 0 Å². The van der Waals surface area contributed by atoms with Crippen LogP contribution in [0.3, 0.4) is 0 Å². The molecule has 0 aliphatic heterocycles. The molecule has 1 saturated carbocycles. The van der Waals surface area contributed by atoms with Gasteiger partial charge in [-0.3, -0.25) is 0 Å². The summed E-state index contributed by atoms with van der Waals surface area (Å²) >= 11 is 0. The lowest BCUT2D eigenvalue weighted by atomic mass is 9.77. The Balaban J connectivity index is 2.37. The second-order valence-electron chi connectivity index (χ2n) is 5.39. The van der Waals surface area contributed by atoms with Crippen LogP contribution in [-0.2, 0) is 0 Å². The van der Waals surface area contributed by atoms with Crippen molar-refractivity contribution in [2.45, 2.75) is 65.4 Å². The van der Waals surface area contributed by atoms with Gasteiger partial charge in [0.05, 0.1) is 6.10 Å². The van der Waals surface area contributed by atoms with Crippen molar-refractivity contribution in [3.05, 3.63) is 0 Å². The van der Waals surface area contributed by atoms with Gasteiger partial charge >= 0.3 is 0 Å².